The lowest BCUT2D eigenvalue weighted by Crippen LogP contribution is -2.34. The van der Waals surface area contributed by atoms with E-state index in [0.29, 0.717) is 18.0 Å². The van der Waals surface area contributed by atoms with Crippen molar-refractivity contribution in [3.05, 3.63) is 35.4 Å². The van der Waals surface area contributed by atoms with Gasteiger partial charge in [-0.25, -0.2) is 0 Å². The molecule has 1 N–H and O–H groups in total. The van der Waals surface area contributed by atoms with Crippen molar-refractivity contribution < 1.29 is 22.8 Å². The predicted molar refractivity (Wildman–Crippen MR) is 80.7 cm³/mol. The van der Waals surface area contributed by atoms with Gasteiger partial charge >= 0.3 is 6.18 Å². The molecule has 24 heavy (non-hydrogen) atoms. The second kappa shape index (κ2) is 6.45. The Bertz CT molecular complexity index is 641. The molecule has 7 heteroatoms. The third kappa shape index (κ3) is 4.07. The first-order valence-corrected chi connectivity index (χ1v) is 8.04. The van der Waals surface area contributed by atoms with E-state index in [1.807, 2.05) is 0 Å². The summed E-state index contributed by atoms with van der Waals surface area (Å²) < 4.78 is 38.2. The Kier molecular flexibility index (Phi) is 4.51. The summed E-state index contributed by atoms with van der Waals surface area (Å²) in [6, 6.07) is 4.94. The van der Waals surface area contributed by atoms with Crippen LogP contribution in [0.4, 0.5) is 13.2 Å². The molecule has 1 aliphatic heterocycles. The van der Waals surface area contributed by atoms with Crippen LogP contribution in [0.3, 0.4) is 0 Å². The molecule has 2 fully saturated rings. The zero-order chi connectivity index (χ0) is 17.3. The van der Waals surface area contributed by atoms with Crippen molar-refractivity contribution in [2.24, 2.45) is 11.8 Å². The molecule has 0 aromatic heterocycles. The van der Waals surface area contributed by atoms with Crippen molar-refractivity contribution in [1.82, 2.24) is 10.2 Å². The van der Waals surface area contributed by atoms with Gasteiger partial charge in [0.1, 0.15) is 0 Å². The first-order chi connectivity index (χ1) is 11.3. The van der Waals surface area contributed by atoms with E-state index < -0.39 is 17.7 Å². The molecule has 1 unspecified atom stereocenters. The number of carbonyl (C=O) groups excluding carboxylic acids is 2. The van der Waals surface area contributed by atoms with Crippen molar-refractivity contribution in [2.75, 3.05) is 13.1 Å². The SMILES string of the molecule is O=C(NCC1CC1)C1CC(=O)N(Cc2cccc(C(F)(F)F)c2)C1. The van der Waals surface area contributed by atoms with E-state index in [0.717, 1.165) is 25.0 Å². The number of carbonyl (C=O) groups is 2. The molecule has 1 heterocycles. The average molecular weight is 340 g/mol. The highest BCUT2D eigenvalue weighted by atomic mass is 19.4. The molecule has 1 saturated carbocycles. The van der Waals surface area contributed by atoms with Gasteiger partial charge in [0.2, 0.25) is 11.8 Å². The lowest BCUT2D eigenvalue weighted by Gasteiger charge is -2.17. The number of alkyl halides is 3. The Labute approximate surface area is 138 Å². The maximum absolute atomic E-state index is 12.7. The van der Waals surface area contributed by atoms with Crippen molar-refractivity contribution in [2.45, 2.75) is 32.0 Å². The van der Waals surface area contributed by atoms with E-state index >= 15 is 0 Å². The van der Waals surface area contributed by atoms with Crippen LogP contribution in [-0.2, 0) is 22.3 Å². The van der Waals surface area contributed by atoms with Crippen LogP contribution in [0.5, 0.6) is 0 Å². The zero-order valence-electron chi connectivity index (χ0n) is 13.1. The van der Waals surface area contributed by atoms with Crippen molar-refractivity contribution >= 4 is 11.8 Å². The highest BCUT2D eigenvalue weighted by Crippen LogP contribution is 2.30. The summed E-state index contributed by atoms with van der Waals surface area (Å²) in [7, 11) is 0. The summed E-state index contributed by atoms with van der Waals surface area (Å²) in [4.78, 5) is 25.6. The Morgan fingerprint density at radius 2 is 2.04 bits per heavy atom. The normalized spacial score (nSPS) is 21.2. The van der Waals surface area contributed by atoms with Gasteiger partial charge in [-0.15, -0.1) is 0 Å². The second-order valence-electron chi connectivity index (χ2n) is 6.56. The van der Waals surface area contributed by atoms with Gasteiger partial charge in [0.05, 0.1) is 11.5 Å². The topological polar surface area (TPSA) is 49.4 Å². The quantitative estimate of drug-likeness (QED) is 0.896. The number of likely N-dealkylation sites (tertiary alicyclic amines) is 1. The molecule has 1 aromatic rings. The number of nitrogens with one attached hydrogen (secondary N) is 1. The minimum atomic E-state index is -4.41. The third-order valence-corrected chi connectivity index (χ3v) is 4.47. The molecular formula is C17H19F3N2O2. The van der Waals surface area contributed by atoms with Gasteiger partial charge in [-0.2, -0.15) is 13.2 Å². The molecule has 0 bridgehead atoms. The summed E-state index contributed by atoms with van der Waals surface area (Å²) in [6.07, 6.45) is -2.02. The highest BCUT2D eigenvalue weighted by molar-refractivity contribution is 5.89. The van der Waals surface area contributed by atoms with Crippen LogP contribution >= 0.6 is 0 Å². The third-order valence-electron chi connectivity index (χ3n) is 4.47. The van der Waals surface area contributed by atoms with Crippen LogP contribution in [0.15, 0.2) is 24.3 Å². The molecule has 0 spiro atoms. The minimum Gasteiger partial charge on any atom is -0.356 e. The smallest absolute Gasteiger partial charge is 0.356 e. The molecule has 4 nitrogen and oxygen atoms in total. The van der Waals surface area contributed by atoms with Gasteiger partial charge in [-0.1, -0.05) is 12.1 Å². The maximum atomic E-state index is 12.7. The largest absolute Gasteiger partial charge is 0.416 e. The number of hydrogen-bond acceptors (Lipinski definition) is 2. The number of rotatable bonds is 5. The lowest BCUT2D eigenvalue weighted by molar-refractivity contribution is -0.137. The molecule has 130 valence electrons. The Balaban J connectivity index is 1.59. The molecule has 2 aliphatic rings. The van der Waals surface area contributed by atoms with Crippen LogP contribution in [-0.4, -0.2) is 29.8 Å². The van der Waals surface area contributed by atoms with Crippen LogP contribution in [0.1, 0.15) is 30.4 Å². The number of benzene rings is 1. The Hall–Kier alpha value is -2.05. The zero-order valence-corrected chi connectivity index (χ0v) is 13.1. The molecule has 0 radical (unpaired) electrons. The Morgan fingerprint density at radius 3 is 2.71 bits per heavy atom. The van der Waals surface area contributed by atoms with Gasteiger partial charge in [0.25, 0.3) is 0 Å². The fraction of sp³-hybridized carbons (Fsp3) is 0.529. The van der Waals surface area contributed by atoms with Gasteiger partial charge in [0.15, 0.2) is 0 Å². The van der Waals surface area contributed by atoms with E-state index in [4.69, 9.17) is 0 Å². The van der Waals surface area contributed by atoms with E-state index in [-0.39, 0.29) is 31.3 Å². The predicted octanol–water partition coefficient (Wildman–Crippen LogP) is 2.58. The number of hydrogen-bond donors (Lipinski definition) is 1. The lowest BCUT2D eigenvalue weighted by atomic mass is 10.1. The van der Waals surface area contributed by atoms with Gasteiger partial charge in [-0.05, 0) is 36.5 Å². The molecule has 1 aliphatic carbocycles. The maximum Gasteiger partial charge on any atom is 0.416 e. The van der Waals surface area contributed by atoms with Crippen molar-refractivity contribution in [1.29, 1.82) is 0 Å². The van der Waals surface area contributed by atoms with E-state index in [1.165, 1.54) is 11.0 Å². The summed E-state index contributed by atoms with van der Waals surface area (Å²) in [5.74, 6) is -0.185. The molecule has 1 saturated heterocycles. The van der Waals surface area contributed by atoms with Crippen LogP contribution < -0.4 is 5.32 Å². The van der Waals surface area contributed by atoms with E-state index in [2.05, 4.69) is 5.32 Å². The molecule has 1 atom stereocenters. The molecule has 3 rings (SSSR count). The van der Waals surface area contributed by atoms with Gasteiger partial charge < -0.3 is 10.2 Å². The highest BCUT2D eigenvalue weighted by Gasteiger charge is 2.35. The second-order valence-corrected chi connectivity index (χ2v) is 6.56. The fourth-order valence-corrected chi connectivity index (χ4v) is 2.88. The fourth-order valence-electron chi connectivity index (χ4n) is 2.88. The number of halogens is 3. The molecular weight excluding hydrogens is 321 g/mol. The van der Waals surface area contributed by atoms with E-state index in [9.17, 15) is 22.8 Å². The summed E-state index contributed by atoms with van der Waals surface area (Å²) in [5.41, 5.74) is -0.317. The van der Waals surface area contributed by atoms with Crippen molar-refractivity contribution in [3.63, 3.8) is 0 Å². The van der Waals surface area contributed by atoms with Crippen molar-refractivity contribution in [3.8, 4) is 0 Å². The van der Waals surface area contributed by atoms with E-state index in [1.54, 1.807) is 6.07 Å². The standard InChI is InChI=1S/C17H19F3N2O2/c18-17(19,20)14-3-1-2-12(6-14)9-22-10-13(7-15(22)23)16(24)21-8-11-4-5-11/h1-3,6,11,13H,4-5,7-10H2,(H,21,24). The summed E-state index contributed by atoms with van der Waals surface area (Å²) in [5, 5.41) is 2.85. The first-order valence-electron chi connectivity index (χ1n) is 8.04. The van der Waals surface area contributed by atoms with Gasteiger partial charge in [0, 0.05) is 26.1 Å². The van der Waals surface area contributed by atoms with Crippen LogP contribution in [0.25, 0.3) is 0 Å². The summed E-state index contributed by atoms with van der Waals surface area (Å²) >= 11 is 0. The van der Waals surface area contributed by atoms with Crippen LogP contribution in [0, 0.1) is 11.8 Å². The van der Waals surface area contributed by atoms with Crippen LogP contribution in [0.2, 0.25) is 0 Å². The number of nitrogens with zero attached hydrogens (tertiary/aromatic N) is 1. The monoisotopic (exact) mass is 340 g/mol. The summed E-state index contributed by atoms with van der Waals surface area (Å²) in [6.45, 7) is 0.998. The minimum absolute atomic E-state index is 0.0924. The molecule has 2 amide bonds. The molecule has 1 aromatic carbocycles. The number of amides is 2. The average Bonchev–Trinajstić information content (AvgIpc) is 3.28. The van der Waals surface area contributed by atoms with Gasteiger partial charge in [-0.3, -0.25) is 9.59 Å². The Morgan fingerprint density at radius 1 is 1.29 bits per heavy atom. The first kappa shape index (κ1) is 16.8.